The summed E-state index contributed by atoms with van der Waals surface area (Å²) in [5, 5.41) is 3.30. The van der Waals surface area contributed by atoms with Crippen molar-refractivity contribution in [1.82, 2.24) is 19.8 Å². The van der Waals surface area contributed by atoms with Crippen LogP contribution in [0.25, 0.3) is 0 Å². The number of hydrogen-bond donors (Lipinski definition) is 2. The fourth-order valence-electron chi connectivity index (χ4n) is 1.86. The van der Waals surface area contributed by atoms with E-state index in [9.17, 15) is 4.79 Å². The van der Waals surface area contributed by atoms with Crippen LogP contribution in [-0.2, 0) is 6.67 Å². The predicted molar refractivity (Wildman–Crippen MR) is 61.9 cm³/mol. The first-order valence-electron chi connectivity index (χ1n) is 5.44. The topological polar surface area (TPSA) is 76.2 Å². The molecule has 3 N–H and O–H groups in total. The maximum atomic E-state index is 11.5. The highest BCUT2D eigenvalue weighted by Gasteiger charge is 2.18. The van der Waals surface area contributed by atoms with E-state index in [2.05, 4.69) is 22.1 Å². The third kappa shape index (κ3) is 2.23. The molecule has 88 valence electrons. The summed E-state index contributed by atoms with van der Waals surface area (Å²) in [7, 11) is 0. The molecule has 1 aliphatic heterocycles. The molecule has 1 aromatic heterocycles. The second kappa shape index (κ2) is 4.63. The number of nitrogens with two attached hydrogens (primary N) is 1. The molecule has 0 aliphatic carbocycles. The van der Waals surface area contributed by atoms with Crippen molar-refractivity contribution in [3.63, 3.8) is 0 Å². The molecule has 6 heteroatoms. The van der Waals surface area contributed by atoms with Crippen LogP contribution in [0, 0.1) is 0 Å². The highest BCUT2D eigenvalue weighted by atomic mass is 16.1. The second-order valence-corrected chi connectivity index (χ2v) is 4.09. The molecule has 0 saturated carbocycles. The van der Waals surface area contributed by atoms with E-state index >= 15 is 0 Å². The number of nitrogens with zero attached hydrogens (tertiary/aromatic N) is 3. The van der Waals surface area contributed by atoms with Crippen molar-refractivity contribution < 1.29 is 0 Å². The van der Waals surface area contributed by atoms with E-state index in [1.54, 1.807) is 6.07 Å². The lowest BCUT2D eigenvalue weighted by molar-refractivity contribution is 0.132. The van der Waals surface area contributed by atoms with Crippen LogP contribution in [0.2, 0.25) is 0 Å². The molecule has 2 rings (SSSR count). The third-order valence-electron chi connectivity index (χ3n) is 2.93. The summed E-state index contributed by atoms with van der Waals surface area (Å²) in [5.41, 5.74) is 5.48. The van der Waals surface area contributed by atoms with Gasteiger partial charge >= 0.3 is 5.69 Å². The molecule has 1 atom stereocenters. The van der Waals surface area contributed by atoms with E-state index < -0.39 is 0 Å². The van der Waals surface area contributed by atoms with Crippen LogP contribution in [0.15, 0.2) is 17.1 Å². The number of nitrogens with one attached hydrogen (secondary N) is 1. The Balaban J connectivity index is 2.16. The molecule has 6 nitrogen and oxygen atoms in total. The van der Waals surface area contributed by atoms with Gasteiger partial charge in [-0.05, 0) is 13.0 Å². The van der Waals surface area contributed by atoms with Crippen LogP contribution in [0.5, 0.6) is 0 Å². The quantitative estimate of drug-likeness (QED) is 0.678. The lowest BCUT2D eigenvalue weighted by atomic mass is 10.2. The van der Waals surface area contributed by atoms with Crippen LogP contribution in [0.4, 0.5) is 5.82 Å². The number of hydrogen-bond acceptors (Lipinski definition) is 5. The minimum absolute atomic E-state index is 0.286. The number of piperazine rings is 1. The minimum atomic E-state index is -0.286. The average Bonchev–Trinajstić information content (AvgIpc) is 2.26. The van der Waals surface area contributed by atoms with Gasteiger partial charge in [-0.3, -0.25) is 9.47 Å². The molecule has 1 aromatic rings. The van der Waals surface area contributed by atoms with Crippen molar-refractivity contribution in [2.45, 2.75) is 19.6 Å². The summed E-state index contributed by atoms with van der Waals surface area (Å²) in [4.78, 5) is 17.5. The molecule has 2 heterocycles. The van der Waals surface area contributed by atoms with Crippen LogP contribution in [0.1, 0.15) is 6.92 Å². The van der Waals surface area contributed by atoms with Crippen LogP contribution in [0.3, 0.4) is 0 Å². The summed E-state index contributed by atoms with van der Waals surface area (Å²) in [6.45, 7) is 5.45. The van der Waals surface area contributed by atoms with E-state index in [0.717, 1.165) is 19.6 Å². The zero-order valence-electron chi connectivity index (χ0n) is 9.39. The van der Waals surface area contributed by atoms with Crippen molar-refractivity contribution in [2.75, 3.05) is 25.4 Å². The van der Waals surface area contributed by atoms with Crippen molar-refractivity contribution in [3.05, 3.63) is 22.7 Å². The Kier molecular flexibility index (Phi) is 3.21. The van der Waals surface area contributed by atoms with Gasteiger partial charge < -0.3 is 11.1 Å². The fraction of sp³-hybridized carbons (Fsp3) is 0.600. The Morgan fingerprint density at radius 2 is 2.50 bits per heavy atom. The molecule has 0 radical (unpaired) electrons. The molecule has 0 bridgehead atoms. The molecule has 1 saturated heterocycles. The van der Waals surface area contributed by atoms with Crippen LogP contribution in [-0.4, -0.2) is 40.1 Å². The van der Waals surface area contributed by atoms with Crippen LogP contribution >= 0.6 is 0 Å². The first kappa shape index (κ1) is 11.1. The highest BCUT2D eigenvalue weighted by Crippen LogP contribution is 2.05. The Morgan fingerprint density at radius 1 is 1.69 bits per heavy atom. The summed E-state index contributed by atoms with van der Waals surface area (Å²) < 4.78 is 1.50. The normalized spacial score (nSPS) is 22.2. The molecule has 1 fully saturated rings. The van der Waals surface area contributed by atoms with Gasteiger partial charge in [-0.2, -0.15) is 0 Å². The SMILES string of the molecule is CC1CNCCN1Cn1c(N)ccnc1=O. The number of nitrogen functional groups attached to an aromatic ring is 1. The zero-order valence-corrected chi connectivity index (χ0v) is 9.39. The Bertz CT molecular complexity index is 416. The van der Waals surface area contributed by atoms with Gasteiger partial charge in [-0.25, -0.2) is 9.78 Å². The average molecular weight is 223 g/mol. The molecule has 0 spiro atoms. The lowest BCUT2D eigenvalue weighted by Crippen LogP contribution is -2.51. The van der Waals surface area contributed by atoms with E-state index in [1.807, 2.05) is 0 Å². The summed E-state index contributed by atoms with van der Waals surface area (Å²) in [5.74, 6) is 0.464. The maximum Gasteiger partial charge on any atom is 0.350 e. The third-order valence-corrected chi connectivity index (χ3v) is 2.93. The second-order valence-electron chi connectivity index (χ2n) is 4.09. The number of anilines is 1. The number of aromatic nitrogens is 2. The summed E-state index contributed by atoms with van der Waals surface area (Å²) >= 11 is 0. The number of rotatable bonds is 2. The molecule has 1 unspecified atom stereocenters. The summed E-state index contributed by atoms with van der Waals surface area (Å²) in [6.07, 6.45) is 1.44. The van der Waals surface area contributed by atoms with E-state index in [-0.39, 0.29) is 5.69 Å². The van der Waals surface area contributed by atoms with E-state index in [4.69, 9.17) is 5.73 Å². The molecule has 16 heavy (non-hydrogen) atoms. The standard InChI is InChI=1S/C10H17N5O/c1-8-6-12-4-5-14(8)7-15-9(11)2-3-13-10(15)16/h2-3,8,12H,4-7,11H2,1H3. The molecular formula is C10H17N5O. The van der Waals surface area contributed by atoms with Gasteiger partial charge in [0.15, 0.2) is 0 Å². The van der Waals surface area contributed by atoms with Crippen molar-refractivity contribution in [3.8, 4) is 0 Å². The summed E-state index contributed by atoms with van der Waals surface area (Å²) in [6, 6.07) is 2.05. The molecule has 1 aliphatic rings. The smallest absolute Gasteiger partial charge is 0.350 e. The van der Waals surface area contributed by atoms with Gasteiger partial charge in [0.1, 0.15) is 5.82 Å². The first-order chi connectivity index (χ1) is 7.68. The van der Waals surface area contributed by atoms with Crippen LogP contribution < -0.4 is 16.7 Å². The highest BCUT2D eigenvalue weighted by molar-refractivity contribution is 5.25. The first-order valence-corrected chi connectivity index (χ1v) is 5.44. The Morgan fingerprint density at radius 3 is 3.19 bits per heavy atom. The molecule has 0 aromatic carbocycles. The Hall–Kier alpha value is -1.40. The fourth-order valence-corrected chi connectivity index (χ4v) is 1.86. The molecular weight excluding hydrogens is 206 g/mol. The van der Waals surface area contributed by atoms with Gasteiger partial charge in [-0.1, -0.05) is 0 Å². The van der Waals surface area contributed by atoms with Crippen molar-refractivity contribution in [1.29, 1.82) is 0 Å². The van der Waals surface area contributed by atoms with E-state index in [1.165, 1.54) is 10.8 Å². The minimum Gasteiger partial charge on any atom is -0.385 e. The maximum absolute atomic E-state index is 11.5. The predicted octanol–water partition coefficient (Wildman–Crippen LogP) is -0.923. The monoisotopic (exact) mass is 223 g/mol. The van der Waals surface area contributed by atoms with E-state index in [0.29, 0.717) is 18.5 Å². The lowest BCUT2D eigenvalue weighted by Gasteiger charge is -2.34. The van der Waals surface area contributed by atoms with Crippen molar-refractivity contribution >= 4 is 5.82 Å². The zero-order chi connectivity index (χ0) is 11.5. The van der Waals surface area contributed by atoms with Crippen molar-refractivity contribution in [2.24, 2.45) is 0 Å². The van der Waals surface area contributed by atoms with Gasteiger partial charge in [0.2, 0.25) is 0 Å². The Labute approximate surface area is 94.1 Å². The largest absolute Gasteiger partial charge is 0.385 e. The molecule has 0 amide bonds. The van der Waals surface area contributed by atoms with Gasteiger partial charge in [0, 0.05) is 31.9 Å². The van der Waals surface area contributed by atoms with Gasteiger partial charge in [-0.15, -0.1) is 0 Å². The van der Waals surface area contributed by atoms with Gasteiger partial charge in [0.25, 0.3) is 0 Å². The van der Waals surface area contributed by atoms with Gasteiger partial charge in [0.05, 0.1) is 6.67 Å².